The largest absolute Gasteiger partial charge is 0.350 e. The Morgan fingerprint density at radius 3 is 2.61 bits per heavy atom. The molecule has 1 amide bonds. The molecule has 0 spiro atoms. The molecule has 1 N–H and O–H groups in total. The molecule has 1 aliphatic heterocycles. The minimum Gasteiger partial charge on any atom is -0.350 e. The predicted octanol–water partition coefficient (Wildman–Crippen LogP) is 2.01. The molecule has 3 aromatic rings. The van der Waals surface area contributed by atoms with Gasteiger partial charge in [0.1, 0.15) is 6.33 Å². The van der Waals surface area contributed by atoms with E-state index in [0.29, 0.717) is 12.1 Å². The molecule has 1 atom stereocenters. The van der Waals surface area contributed by atoms with Crippen LogP contribution in [0.1, 0.15) is 41.2 Å². The number of nitrogens with zero attached hydrogens (tertiary/aromatic N) is 6. The summed E-state index contributed by atoms with van der Waals surface area (Å²) in [6.45, 7) is 2.66. The van der Waals surface area contributed by atoms with Crippen LogP contribution in [0.3, 0.4) is 0 Å². The van der Waals surface area contributed by atoms with E-state index in [-0.39, 0.29) is 11.9 Å². The molecule has 0 aliphatic carbocycles. The number of aromatic nitrogens is 5. The van der Waals surface area contributed by atoms with Crippen molar-refractivity contribution in [1.82, 2.24) is 35.4 Å². The fourth-order valence-electron chi connectivity index (χ4n) is 3.60. The lowest BCUT2D eigenvalue weighted by Crippen LogP contribution is -2.40. The molecule has 1 fully saturated rings. The van der Waals surface area contributed by atoms with Gasteiger partial charge < -0.3 is 5.32 Å². The highest BCUT2D eigenvalue weighted by Gasteiger charge is 2.23. The van der Waals surface area contributed by atoms with E-state index >= 15 is 0 Å². The van der Waals surface area contributed by atoms with Crippen molar-refractivity contribution >= 4 is 5.91 Å². The highest BCUT2D eigenvalue weighted by atomic mass is 16.1. The van der Waals surface area contributed by atoms with Gasteiger partial charge in [-0.3, -0.25) is 14.7 Å². The van der Waals surface area contributed by atoms with E-state index in [0.717, 1.165) is 24.3 Å². The maximum atomic E-state index is 12.7. The quantitative estimate of drug-likeness (QED) is 0.707. The van der Waals surface area contributed by atoms with Crippen LogP contribution in [-0.4, -0.2) is 55.6 Å². The van der Waals surface area contributed by atoms with Crippen molar-refractivity contribution in [2.75, 3.05) is 19.6 Å². The van der Waals surface area contributed by atoms with Crippen molar-refractivity contribution in [3.8, 4) is 5.69 Å². The first-order chi connectivity index (χ1) is 13.8. The molecule has 0 bridgehead atoms. The van der Waals surface area contributed by atoms with Gasteiger partial charge in [0.2, 0.25) is 0 Å². The van der Waals surface area contributed by atoms with Gasteiger partial charge in [0.05, 0.1) is 11.7 Å². The number of carbonyl (C=O) groups excluding carboxylic acids is 1. The SMILES string of the molecule is O=C(NC[C@H](c1cccnc1)N1CCCCC1)c1ccc(-n2cnnn2)cc1. The number of pyridine rings is 1. The minimum absolute atomic E-state index is 0.0887. The molecule has 2 aromatic heterocycles. The molecule has 8 nitrogen and oxygen atoms in total. The standard InChI is InChI=1S/C20H23N7O/c28-20(16-6-8-18(9-7-16)27-15-23-24-25-27)22-14-19(17-5-4-10-21-13-17)26-11-2-1-3-12-26/h4-10,13,15,19H,1-3,11-12,14H2,(H,22,28)/t19-/m1/s1. The number of rotatable bonds is 6. The van der Waals surface area contributed by atoms with E-state index in [2.05, 4.69) is 36.8 Å². The van der Waals surface area contributed by atoms with Crippen LogP contribution in [-0.2, 0) is 0 Å². The van der Waals surface area contributed by atoms with Crippen LogP contribution in [0.4, 0.5) is 0 Å². The number of benzene rings is 1. The summed E-state index contributed by atoms with van der Waals surface area (Å²) in [5.74, 6) is -0.0887. The zero-order valence-corrected chi connectivity index (χ0v) is 15.6. The first-order valence-corrected chi connectivity index (χ1v) is 9.57. The summed E-state index contributed by atoms with van der Waals surface area (Å²) in [7, 11) is 0. The van der Waals surface area contributed by atoms with Crippen LogP contribution >= 0.6 is 0 Å². The average molecular weight is 377 g/mol. The summed E-state index contributed by atoms with van der Waals surface area (Å²) in [6, 6.07) is 11.4. The molecule has 1 aromatic carbocycles. The van der Waals surface area contributed by atoms with Crippen molar-refractivity contribution in [2.24, 2.45) is 0 Å². The smallest absolute Gasteiger partial charge is 0.251 e. The first kappa shape index (κ1) is 18.2. The molecule has 3 heterocycles. The van der Waals surface area contributed by atoms with Crippen molar-refractivity contribution in [2.45, 2.75) is 25.3 Å². The number of carbonyl (C=O) groups is 1. The van der Waals surface area contributed by atoms with Crippen molar-refractivity contribution in [3.05, 3.63) is 66.2 Å². The summed E-state index contributed by atoms with van der Waals surface area (Å²) in [6.07, 6.45) is 8.86. The zero-order valence-electron chi connectivity index (χ0n) is 15.6. The molecule has 0 unspecified atom stereocenters. The number of tetrazole rings is 1. The monoisotopic (exact) mass is 377 g/mol. The number of hydrogen-bond acceptors (Lipinski definition) is 6. The molecule has 8 heteroatoms. The van der Waals surface area contributed by atoms with Gasteiger partial charge in [0, 0.05) is 24.5 Å². The van der Waals surface area contributed by atoms with E-state index in [4.69, 9.17) is 0 Å². The summed E-state index contributed by atoms with van der Waals surface area (Å²) in [5.41, 5.74) is 2.56. The van der Waals surface area contributed by atoms with Gasteiger partial charge in [-0.2, -0.15) is 0 Å². The highest BCUT2D eigenvalue weighted by Crippen LogP contribution is 2.23. The fraction of sp³-hybridized carbons (Fsp3) is 0.350. The molecular weight excluding hydrogens is 354 g/mol. The molecule has 0 saturated carbocycles. The first-order valence-electron chi connectivity index (χ1n) is 9.57. The van der Waals surface area contributed by atoms with Crippen LogP contribution < -0.4 is 5.32 Å². The van der Waals surface area contributed by atoms with Crippen LogP contribution in [0.25, 0.3) is 5.69 Å². The van der Waals surface area contributed by atoms with Gasteiger partial charge in [0.15, 0.2) is 0 Å². The Balaban J connectivity index is 1.43. The normalized spacial score (nSPS) is 15.9. The van der Waals surface area contributed by atoms with E-state index < -0.39 is 0 Å². The molecule has 28 heavy (non-hydrogen) atoms. The van der Waals surface area contributed by atoms with Crippen molar-refractivity contribution in [3.63, 3.8) is 0 Å². The molecule has 1 saturated heterocycles. The number of piperidine rings is 1. The Hall–Kier alpha value is -3.13. The third-order valence-electron chi connectivity index (χ3n) is 5.10. The van der Waals surface area contributed by atoms with Crippen LogP contribution in [0.15, 0.2) is 55.1 Å². The Bertz CT molecular complexity index is 875. The maximum Gasteiger partial charge on any atom is 0.251 e. The summed E-state index contributed by atoms with van der Waals surface area (Å²) < 4.78 is 1.55. The van der Waals surface area contributed by atoms with E-state index in [1.807, 2.05) is 24.4 Å². The second-order valence-corrected chi connectivity index (χ2v) is 6.91. The van der Waals surface area contributed by atoms with Gasteiger partial charge in [-0.05, 0) is 72.3 Å². The minimum atomic E-state index is -0.0887. The third-order valence-corrected chi connectivity index (χ3v) is 5.10. The number of amides is 1. The lowest BCUT2D eigenvalue weighted by atomic mass is 10.0. The third kappa shape index (κ3) is 4.23. The van der Waals surface area contributed by atoms with Gasteiger partial charge in [-0.15, -0.1) is 5.10 Å². The fourth-order valence-corrected chi connectivity index (χ4v) is 3.60. The molecule has 0 radical (unpaired) electrons. The average Bonchev–Trinajstić information content (AvgIpc) is 3.30. The second kappa shape index (κ2) is 8.71. The van der Waals surface area contributed by atoms with Gasteiger partial charge in [-0.25, -0.2) is 4.68 Å². The van der Waals surface area contributed by atoms with Crippen molar-refractivity contribution < 1.29 is 4.79 Å². The molecule has 144 valence electrons. The summed E-state index contributed by atoms with van der Waals surface area (Å²) >= 11 is 0. The topological polar surface area (TPSA) is 88.8 Å². The molecule has 4 rings (SSSR count). The van der Waals surface area contributed by atoms with Gasteiger partial charge in [0.25, 0.3) is 5.91 Å². The van der Waals surface area contributed by atoms with Crippen LogP contribution in [0, 0.1) is 0 Å². The predicted molar refractivity (Wildman–Crippen MR) is 104 cm³/mol. The van der Waals surface area contributed by atoms with Crippen molar-refractivity contribution in [1.29, 1.82) is 0 Å². The highest BCUT2D eigenvalue weighted by molar-refractivity contribution is 5.94. The maximum absolute atomic E-state index is 12.7. The van der Waals surface area contributed by atoms with E-state index in [1.165, 1.54) is 25.6 Å². The van der Waals surface area contributed by atoms with Crippen LogP contribution in [0.2, 0.25) is 0 Å². The second-order valence-electron chi connectivity index (χ2n) is 6.91. The lowest BCUT2D eigenvalue weighted by molar-refractivity contribution is 0.0924. The lowest BCUT2D eigenvalue weighted by Gasteiger charge is -2.34. The zero-order chi connectivity index (χ0) is 19.2. The Kier molecular flexibility index (Phi) is 5.67. The molecule has 1 aliphatic rings. The molecular formula is C20H23N7O. The Morgan fingerprint density at radius 2 is 1.93 bits per heavy atom. The van der Waals surface area contributed by atoms with Crippen LogP contribution in [0.5, 0.6) is 0 Å². The Labute approximate surface area is 163 Å². The number of hydrogen-bond donors (Lipinski definition) is 1. The number of nitrogens with one attached hydrogen (secondary N) is 1. The Morgan fingerprint density at radius 1 is 1.11 bits per heavy atom. The van der Waals surface area contributed by atoms with Gasteiger partial charge in [-0.1, -0.05) is 12.5 Å². The van der Waals surface area contributed by atoms with E-state index in [9.17, 15) is 4.79 Å². The van der Waals surface area contributed by atoms with E-state index in [1.54, 1.807) is 23.0 Å². The summed E-state index contributed by atoms with van der Waals surface area (Å²) in [4.78, 5) is 19.4. The van der Waals surface area contributed by atoms with Gasteiger partial charge >= 0.3 is 0 Å². The summed E-state index contributed by atoms with van der Waals surface area (Å²) in [5, 5.41) is 14.2. The number of likely N-dealkylation sites (tertiary alicyclic amines) is 1.